The number of Topliss-reactive ketones (excluding diaryl/α,β-unsaturated/α-hetero) is 1. The number of benzene rings is 1. The lowest BCUT2D eigenvalue weighted by Gasteiger charge is -1.99. The first-order valence-electron chi connectivity index (χ1n) is 4.08. The van der Waals surface area contributed by atoms with Crippen molar-refractivity contribution in [1.82, 2.24) is 0 Å². The number of carbonyl (C=O) groups excluding carboxylic acids is 1. The molecule has 0 aliphatic rings. The van der Waals surface area contributed by atoms with Crippen LogP contribution in [-0.2, 0) is 4.79 Å². The van der Waals surface area contributed by atoms with Gasteiger partial charge in [-0.05, 0) is 31.6 Å². The van der Waals surface area contributed by atoms with E-state index in [0.717, 1.165) is 0 Å². The van der Waals surface area contributed by atoms with E-state index in [1.54, 1.807) is 31.2 Å². The molecule has 1 N–H and O–H groups in total. The lowest BCUT2D eigenvalue weighted by molar-refractivity contribution is -0.113. The number of allylic oxidation sites excluding steroid dienone is 1. The van der Waals surface area contributed by atoms with Crippen LogP contribution < -0.4 is 0 Å². The summed E-state index contributed by atoms with van der Waals surface area (Å²) in [6.45, 7) is 3.24. The van der Waals surface area contributed by atoms with Crippen molar-refractivity contribution in [1.29, 1.82) is 0 Å². The molecule has 0 atom stereocenters. The molecular formula is C11H12O2. The Balaban J connectivity index is 3.04. The maximum atomic E-state index is 10.9. The van der Waals surface area contributed by atoms with Gasteiger partial charge in [-0.3, -0.25) is 4.79 Å². The highest BCUT2D eigenvalue weighted by molar-refractivity contribution is 5.97. The molecule has 1 aromatic rings. The van der Waals surface area contributed by atoms with Gasteiger partial charge in [0.2, 0.25) is 0 Å². The number of rotatable bonds is 2. The molecule has 1 aromatic carbocycles. The third-order valence-corrected chi connectivity index (χ3v) is 1.86. The predicted molar refractivity (Wildman–Crippen MR) is 52.4 cm³/mol. The Morgan fingerprint density at radius 3 is 2.46 bits per heavy atom. The number of phenolic OH excluding ortho intramolecular Hbond substituents is 1. The van der Waals surface area contributed by atoms with Crippen LogP contribution in [0, 0.1) is 0 Å². The number of carbonyl (C=O) groups is 1. The first kappa shape index (κ1) is 9.52. The third-order valence-electron chi connectivity index (χ3n) is 1.86. The molecule has 0 saturated heterocycles. The third kappa shape index (κ3) is 2.44. The second-order valence-electron chi connectivity index (χ2n) is 2.94. The van der Waals surface area contributed by atoms with Crippen LogP contribution in [0.2, 0.25) is 0 Å². The number of para-hydroxylation sites is 1. The van der Waals surface area contributed by atoms with Crippen molar-refractivity contribution in [2.24, 2.45) is 0 Å². The SMILES string of the molecule is CC(=O)C(C)=Cc1ccccc1O. The van der Waals surface area contributed by atoms with Crippen LogP contribution in [0.25, 0.3) is 6.08 Å². The molecule has 0 amide bonds. The first-order valence-corrected chi connectivity index (χ1v) is 4.08. The fourth-order valence-electron chi connectivity index (χ4n) is 0.944. The van der Waals surface area contributed by atoms with E-state index in [4.69, 9.17) is 0 Å². The van der Waals surface area contributed by atoms with Gasteiger partial charge in [-0.1, -0.05) is 18.2 Å². The minimum absolute atomic E-state index is 0.0169. The van der Waals surface area contributed by atoms with E-state index in [-0.39, 0.29) is 11.5 Å². The normalized spacial score (nSPS) is 11.4. The van der Waals surface area contributed by atoms with Gasteiger partial charge in [-0.15, -0.1) is 0 Å². The summed E-state index contributed by atoms with van der Waals surface area (Å²) in [6, 6.07) is 6.93. The average molecular weight is 176 g/mol. The second kappa shape index (κ2) is 3.90. The maximum absolute atomic E-state index is 10.9. The molecule has 0 aliphatic heterocycles. The van der Waals surface area contributed by atoms with E-state index in [2.05, 4.69) is 0 Å². The minimum Gasteiger partial charge on any atom is -0.507 e. The van der Waals surface area contributed by atoms with Crippen molar-refractivity contribution >= 4 is 11.9 Å². The summed E-state index contributed by atoms with van der Waals surface area (Å²) in [4.78, 5) is 10.9. The molecule has 0 spiro atoms. The lowest BCUT2D eigenvalue weighted by atomic mass is 10.1. The van der Waals surface area contributed by atoms with Gasteiger partial charge >= 0.3 is 0 Å². The molecule has 0 radical (unpaired) electrons. The standard InChI is InChI=1S/C11H12O2/c1-8(9(2)12)7-10-5-3-4-6-11(10)13/h3-7,13H,1-2H3. The highest BCUT2D eigenvalue weighted by Crippen LogP contribution is 2.18. The zero-order valence-electron chi connectivity index (χ0n) is 7.74. The fraction of sp³-hybridized carbons (Fsp3) is 0.182. The van der Waals surface area contributed by atoms with Crippen molar-refractivity contribution in [3.05, 3.63) is 35.4 Å². The van der Waals surface area contributed by atoms with Gasteiger partial charge in [0.15, 0.2) is 5.78 Å². The van der Waals surface area contributed by atoms with E-state index >= 15 is 0 Å². The molecule has 0 fully saturated rings. The van der Waals surface area contributed by atoms with Crippen LogP contribution in [0.5, 0.6) is 5.75 Å². The predicted octanol–water partition coefficient (Wildman–Crippen LogP) is 2.38. The largest absolute Gasteiger partial charge is 0.507 e. The van der Waals surface area contributed by atoms with Gasteiger partial charge in [0.25, 0.3) is 0 Å². The average Bonchev–Trinajstić information content (AvgIpc) is 2.08. The molecule has 0 bridgehead atoms. The quantitative estimate of drug-likeness (QED) is 0.702. The summed E-state index contributed by atoms with van der Waals surface area (Å²) >= 11 is 0. The molecule has 1 rings (SSSR count). The Hall–Kier alpha value is -1.57. The van der Waals surface area contributed by atoms with Crippen LogP contribution in [0.4, 0.5) is 0 Å². The van der Waals surface area contributed by atoms with Crippen molar-refractivity contribution in [3.8, 4) is 5.75 Å². The van der Waals surface area contributed by atoms with E-state index in [1.807, 2.05) is 6.07 Å². The van der Waals surface area contributed by atoms with Gasteiger partial charge < -0.3 is 5.11 Å². The fourth-order valence-corrected chi connectivity index (χ4v) is 0.944. The van der Waals surface area contributed by atoms with Crippen LogP contribution in [-0.4, -0.2) is 10.9 Å². The first-order chi connectivity index (χ1) is 6.11. The van der Waals surface area contributed by atoms with Crippen molar-refractivity contribution in [3.63, 3.8) is 0 Å². The molecule has 0 unspecified atom stereocenters. The zero-order valence-corrected chi connectivity index (χ0v) is 7.74. The van der Waals surface area contributed by atoms with E-state index in [1.165, 1.54) is 6.92 Å². The zero-order chi connectivity index (χ0) is 9.84. The molecule has 0 aliphatic carbocycles. The highest BCUT2D eigenvalue weighted by atomic mass is 16.3. The number of hydrogen-bond donors (Lipinski definition) is 1. The highest BCUT2D eigenvalue weighted by Gasteiger charge is 1.99. The summed E-state index contributed by atoms with van der Waals surface area (Å²) in [5.74, 6) is 0.214. The van der Waals surface area contributed by atoms with Crippen molar-refractivity contribution in [2.45, 2.75) is 13.8 Å². The monoisotopic (exact) mass is 176 g/mol. The summed E-state index contributed by atoms with van der Waals surface area (Å²) in [7, 11) is 0. The van der Waals surface area contributed by atoms with Crippen LogP contribution in [0.1, 0.15) is 19.4 Å². The summed E-state index contributed by atoms with van der Waals surface area (Å²) in [5, 5.41) is 9.39. The Morgan fingerprint density at radius 1 is 1.31 bits per heavy atom. The topological polar surface area (TPSA) is 37.3 Å². The Morgan fingerprint density at radius 2 is 1.92 bits per heavy atom. The maximum Gasteiger partial charge on any atom is 0.155 e. The molecule has 2 heteroatoms. The molecule has 68 valence electrons. The molecule has 0 aromatic heterocycles. The van der Waals surface area contributed by atoms with E-state index in [9.17, 15) is 9.90 Å². The van der Waals surface area contributed by atoms with Crippen LogP contribution >= 0.6 is 0 Å². The smallest absolute Gasteiger partial charge is 0.155 e. The summed E-state index contributed by atoms with van der Waals surface area (Å²) in [6.07, 6.45) is 1.68. The summed E-state index contributed by atoms with van der Waals surface area (Å²) in [5.41, 5.74) is 1.32. The van der Waals surface area contributed by atoms with Gasteiger partial charge in [-0.25, -0.2) is 0 Å². The summed E-state index contributed by atoms with van der Waals surface area (Å²) < 4.78 is 0. The lowest BCUT2D eigenvalue weighted by Crippen LogP contribution is -1.90. The number of phenols is 1. The molecule has 13 heavy (non-hydrogen) atoms. The van der Waals surface area contributed by atoms with Crippen molar-refractivity contribution in [2.75, 3.05) is 0 Å². The van der Waals surface area contributed by atoms with E-state index < -0.39 is 0 Å². The number of aromatic hydroxyl groups is 1. The van der Waals surface area contributed by atoms with Crippen LogP contribution in [0.3, 0.4) is 0 Å². The number of hydrogen-bond acceptors (Lipinski definition) is 2. The second-order valence-corrected chi connectivity index (χ2v) is 2.94. The van der Waals surface area contributed by atoms with Crippen molar-refractivity contribution < 1.29 is 9.90 Å². The van der Waals surface area contributed by atoms with Crippen LogP contribution in [0.15, 0.2) is 29.8 Å². The Bertz CT molecular complexity index is 351. The minimum atomic E-state index is 0.0169. The van der Waals surface area contributed by atoms with Gasteiger partial charge in [0, 0.05) is 5.56 Å². The molecule has 0 saturated carbocycles. The molecular weight excluding hydrogens is 164 g/mol. The number of ketones is 1. The van der Waals surface area contributed by atoms with Gasteiger partial charge in [-0.2, -0.15) is 0 Å². The van der Waals surface area contributed by atoms with Gasteiger partial charge in [0.05, 0.1) is 0 Å². The Labute approximate surface area is 77.5 Å². The van der Waals surface area contributed by atoms with Gasteiger partial charge in [0.1, 0.15) is 5.75 Å². The molecule has 0 heterocycles. The van der Waals surface area contributed by atoms with E-state index in [0.29, 0.717) is 11.1 Å². The molecule has 2 nitrogen and oxygen atoms in total. The Kier molecular flexibility index (Phi) is 2.85.